The van der Waals surface area contributed by atoms with E-state index < -0.39 is 43.4 Å². The number of carboxylic acid groups (broad SMARTS) is 1. The summed E-state index contributed by atoms with van der Waals surface area (Å²) >= 11 is 0. The lowest BCUT2D eigenvalue weighted by Gasteiger charge is -2.20. The van der Waals surface area contributed by atoms with Crippen LogP contribution in [0.25, 0.3) is 0 Å². The van der Waals surface area contributed by atoms with Crippen LogP contribution >= 0.6 is 0 Å². The fraction of sp³-hybridized carbons (Fsp3) is 0.300. The summed E-state index contributed by atoms with van der Waals surface area (Å²) in [5.41, 5.74) is -0.950. The Morgan fingerprint density at radius 2 is 2.05 bits per heavy atom. The molecule has 0 fully saturated rings. The summed E-state index contributed by atoms with van der Waals surface area (Å²) in [6.45, 7) is 1.11. The number of nitro groups is 1. The molecule has 0 radical (unpaired) electrons. The molecule has 1 unspecified atom stereocenters. The van der Waals surface area contributed by atoms with Crippen LogP contribution in [0.3, 0.4) is 0 Å². The van der Waals surface area contributed by atoms with Gasteiger partial charge in [0.05, 0.1) is 11.0 Å². The average molecular weight is 306 g/mol. The van der Waals surface area contributed by atoms with Crippen molar-refractivity contribution in [3.63, 3.8) is 0 Å². The molecule has 0 spiro atoms. The molecule has 1 rings (SSSR count). The minimum absolute atomic E-state index is 0.464. The fourth-order valence-corrected chi connectivity index (χ4v) is 2.82. The number of likely N-dealkylation sites (N-methyl/N-ethyl adjacent to an activating group) is 1. The van der Waals surface area contributed by atoms with Crippen molar-refractivity contribution >= 4 is 21.7 Å². The quantitative estimate of drug-likeness (QED) is 0.635. The molecule has 0 aliphatic heterocycles. The lowest BCUT2D eigenvalue weighted by atomic mass is 10.3. The number of hydrogen-bond donors (Lipinski definition) is 1. The van der Waals surface area contributed by atoms with Crippen LogP contribution in [0.5, 0.6) is 0 Å². The molecule has 0 aliphatic rings. The molecule has 0 saturated carbocycles. The summed E-state index contributed by atoms with van der Waals surface area (Å²) in [6.07, 6.45) is 0. The number of hydrogen-bond acceptors (Lipinski definition) is 5. The van der Waals surface area contributed by atoms with Crippen molar-refractivity contribution in [3.05, 3.63) is 34.1 Å². The molecule has 110 valence electrons. The minimum Gasteiger partial charge on any atom is -0.480 e. The van der Waals surface area contributed by atoms with Crippen LogP contribution in [0.4, 0.5) is 10.1 Å². The molecule has 0 aromatic heterocycles. The van der Waals surface area contributed by atoms with E-state index in [-0.39, 0.29) is 0 Å². The van der Waals surface area contributed by atoms with Gasteiger partial charge in [0.1, 0.15) is 11.9 Å². The molecule has 1 aromatic carbocycles. The van der Waals surface area contributed by atoms with Gasteiger partial charge in [0.15, 0.2) is 4.90 Å². The van der Waals surface area contributed by atoms with Crippen LogP contribution in [0.15, 0.2) is 23.1 Å². The monoisotopic (exact) mass is 306 g/mol. The van der Waals surface area contributed by atoms with Gasteiger partial charge in [0, 0.05) is 7.05 Å². The van der Waals surface area contributed by atoms with E-state index in [1.165, 1.54) is 0 Å². The van der Waals surface area contributed by atoms with Crippen LogP contribution in [0.1, 0.15) is 6.92 Å². The number of nitrogens with zero attached hydrogens (tertiary/aromatic N) is 2. The van der Waals surface area contributed by atoms with E-state index in [2.05, 4.69) is 0 Å². The predicted molar refractivity (Wildman–Crippen MR) is 65.1 cm³/mol. The van der Waals surface area contributed by atoms with Gasteiger partial charge in [0.25, 0.3) is 5.69 Å². The summed E-state index contributed by atoms with van der Waals surface area (Å²) in [5.74, 6) is -2.38. The highest BCUT2D eigenvalue weighted by Crippen LogP contribution is 2.27. The zero-order valence-electron chi connectivity index (χ0n) is 10.5. The second-order valence-electron chi connectivity index (χ2n) is 3.90. The average Bonchev–Trinajstić information content (AvgIpc) is 2.36. The number of halogens is 1. The van der Waals surface area contributed by atoms with Gasteiger partial charge >= 0.3 is 5.97 Å². The van der Waals surface area contributed by atoms with Crippen molar-refractivity contribution in [1.29, 1.82) is 0 Å². The van der Waals surface area contributed by atoms with E-state index in [0.717, 1.165) is 26.1 Å². The third-order valence-corrected chi connectivity index (χ3v) is 4.65. The minimum atomic E-state index is -4.43. The van der Waals surface area contributed by atoms with Gasteiger partial charge in [-0.2, -0.15) is 4.31 Å². The van der Waals surface area contributed by atoms with Crippen molar-refractivity contribution in [2.24, 2.45) is 0 Å². The second-order valence-corrected chi connectivity index (χ2v) is 5.87. The molecule has 1 aromatic rings. The Hall–Kier alpha value is -2.07. The standard InChI is InChI=1S/C10H11FN2O6S/c1-6(10(14)15)12(2)20(18,19)9-4-3-7(11)5-8(9)13(16)17/h3-6H,1-2H3,(H,14,15). The summed E-state index contributed by atoms with van der Waals surface area (Å²) in [6, 6.07) is 0.517. The van der Waals surface area contributed by atoms with E-state index in [1.807, 2.05) is 0 Å². The molecule has 1 N–H and O–H groups in total. The molecule has 8 nitrogen and oxygen atoms in total. The van der Waals surface area contributed by atoms with Crippen LogP contribution < -0.4 is 0 Å². The number of carbonyl (C=O) groups is 1. The maximum atomic E-state index is 13.0. The predicted octanol–water partition coefficient (Wildman–Crippen LogP) is 0.828. The molecule has 20 heavy (non-hydrogen) atoms. The van der Waals surface area contributed by atoms with Crippen molar-refractivity contribution in [2.75, 3.05) is 7.05 Å². The van der Waals surface area contributed by atoms with Crippen molar-refractivity contribution in [3.8, 4) is 0 Å². The Bertz CT molecular complexity index is 660. The molecule has 0 saturated heterocycles. The van der Waals surface area contributed by atoms with E-state index in [1.54, 1.807) is 0 Å². The Balaban J connectivity index is 3.43. The Labute approximate surface area is 113 Å². The molecule has 1 atom stereocenters. The Morgan fingerprint density at radius 1 is 1.50 bits per heavy atom. The smallest absolute Gasteiger partial charge is 0.321 e. The molecular weight excluding hydrogens is 295 g/mol. The largest absolute Gasteiger partial charge is 0.480 e. The highest BCUT2D eigenvalue weighted by atomic mass is 32.2. The normalized spacial score (nSPS) is 13.2. The summed E-state index contributed by atoms with van der Waals surface area (Å²) in [5, 5.41) is 19.6. The number of carboxylic acids is 1. The van der Waals surface area contributed by atoms with E-state index in [4.69, 9.17) is 5.11 Å². The van der Waals surface area contributed by atoms with Gasteiger partial charge in [-0.3, -0.25) is 14.9 Å². The number of sulfonamides is 1. The summed E-state index contributed by atoms with van der Waals surface area (Å²) < 4.78 is 37.7. The molecule has 0 aliphatic carbocycles. The van der Waals surface area contributed by atoms with Gasteiger partial charge < -0.3 is 5.11 Å². The molecular formula is C10H11FN2O6S. The first kappa shape index (κ1) is 16.0. The van der Waals surface area contributed by atoms with Crippen LogP contribution in [-0.4, -0.2) is 41.8 Å². The maximum absolute atomic E-state index is 13.0. The highest BCUT2D eigenvalue weighted by Gasteiger charge is 2.34. The number of benzene rings is 1. The van der Waals surface area contributed by atoms with Gasteiger partial charge in [0.2, 0.25) is 10.0 Å². The molecule has 10 heteroatoms. The molecule has 0 heterocycles. The summed E-state index contributed by atoms with van der Waals surface area (Å²) in [7, 11) is -3.46. The fourth-order valence-electron chi connectivity index (χ4n) is 1.37. The number of aliphatic carboxylic acids is 1. The topological polar surface area (TPSA) is 118 Å². The van der Waals surface area contributed by atoms with Crippen molar-refractivity contribution in [2.45, 2.75) is 17.9 Å². The zero-order valence-corrected chi connectivity index (χ0v) is 11.3. The summed E-state index contributed by atoms with van der Waals surface area (Å²) in [4.78, 5) is 19.8. The molecule has 0 amide bonds. The van der Waals surface area contributed by atoms with Crippen LogP contribution in [0.2, 0.25) is 0 Å². The number of nitro benzene ring substituents is 1. The van der Waals surface area contributed by atoms with Crippen molar-refractivity contribution in [1.82, 2.24) is 4.31 Å². The highest BCUT2D eigenvalue weighted by molar-refractivity contribution is 7.89. The van der Waals surface area contributed by atoms with Gasteiger partial charge in [-0.15, -0.1) is 0 Å². The van der Waals surface area contributed by atoms with Crippen molar-refractivity contribution < 1.29 is 27.6 Å². The van der Waals surface area contributed by atoms with Gasteiger partial charge in [-0.25, -0.2) is 12.8 Å². The zero-order chi connectivity index (χ0) is 15.7. The number of rotatable bonds is 5. The third kappa shape index (κ3) is 2.91. The first-order valence-corrected chi connectivity index (χ1v) is 6.68. The van der Waals surface area contributed by atoms with E-state index in [0.29, 0.717) is 10.4 Å². The van der Waals surface area contributed by atoms with Crippen LogP contribution in [-0.2, 0) is 14.8 Å². The van der Waals surface area contributed by atoms with Gasteiger partial charge in [-0.1, -0.05) is 0 Å². The lowest BCUT2D eigenvalue weighted by Crippen LogP contribution is -2.40. The Kier molecular flexibility index (Phi) is 4.40. The maximum Gasteiger partial charge on any atom is 0.321 e. The lowest BCUT2D eigenvalue weighted by molar-refractivity contribution is -0.388. The first-order chi connectivity index (χ1) is 9.09. The molecule has 0 bridgehead atoms. The third-order valence-electron chi connectivity index (χ3n) is 2.68. The van der Waals surface area contributed by atoms with E-state index >= 15 is 0 Å². The van der Waals surface area contributed by atoms with E-state index in [9.17, 15) is 27.7 Å². The second kappa shape index (κ2) is 5.51. The first-order valence-electron chi connectivity index (χ1n) is 5.23. The van der Waals surface area contributed by atoms with Crippen LogP contribution in [0, 0.1) is 15.9 Å². The Morgan fingerprint density at radius 3 is 2.50 bits per heavy atom. The van der Waals surface area contributed by atoms with Gasteiger partial charge in [-0.05, 0) is 19.1 Å². The SMILES string of the molecule is CC(C(=O)O)N(C)S(=O)(=O)c1ccc(F)cc1[N+](=O)[O-].